The number of aryl methyl sites for hydroxylation is 1. The van der Waals surface area contributed by atoms with Crippen LogP contribution < -0.4 is 4.72 Å². The summed E-state index contributed by atoms with van der Waals surface area (Å²) in [6.07, 6.45) is 0.636. The van der Waals surface area contributed by atoms with Crippen LogP contribution in [0.1, 0.15) is 10.4 Å². The Balaban J connectivity index is 1.59. The van der Waals surface area contributed by atoms with E-state index in [0.717, 1.165) is 16.0 Å². The molecule has 2 aromatic heterocycles. The molecule has 0 amide bonds. The molecule has 0 saturated carbocycles. The van der Waals surface area contributed by atoms with Crippen LogP contribution >= 0.6 is 11.3 Å². The molecule has 0 aliphatic carbocycles. The zero-order valence-electron chi connectivity index (χ0n) is 15.7. The van der Waals surface area contributed by atoms with E-state index in [-0.39, 0.29) is 10.8 Å². The number of nitrogens with zero attached hydrogens (tertiary/aromatic N) is 2. The van der Waals surface area contributed by atoms with Gasteiger partial charge in [0.15, 0.2) is 0 Å². The first kappa shape index (κ1) is 19.5. The fourth-order valence-corrected chi connectivity index (χ4v) is 4.81. The summed E-state index contributed by atoms with van der Waals surface area (Å²) in [4.78, 5) is 5.65. The molecule has 2 heterocycles. The smallest absolute Gasteiger partial charge is 0.259 e. The average Bonchev–Trinajstić information content (AvgIpc) is 3.41. The van der Waals surface area contributed by atoms with Crippen LogP contribution in [0.5, 0.6) is 0 Å². The highest BCUT2D eigenvalue weighted by Crippen LogP contribution is 2.28. The van der Waals surface area contributed by atoms with Crippen LogP contribution in [0.15, 0.2) is 75.5 Å². The van der Waals surface area contributed by atoms with Crippen LogP contribution in [-0.4, -0.2) is 25.1 Å². The number of hydrogen-bond acceptors (Lipinski definition) is 6. The summed E-state index contributed by atoms with van der Waals surface area (Å²) >= 11 is 1.60. The third kappa shape index (κ3) is 4.45. The lowest BCUT2D eigenvalue weighted by Gasteiger charge is -2.09. The molecule has 0 spiro atoms. The highest BCUT2D eigenvalue weighted by molar-refractivity contribution is 7.89. The topological polar surface area (TPSA) is 85.1 Å². The Morgan fingerprint density at radius 3 is 2.59 bits per heavy atom. The predicted molar refractivity (Wildman–Crippen MR) is 113 cm³/mol. The van der Waals surface area contributed by atoms with Crippen LogP contribution in [0, 0.1) is 6.92 Å². The first-order valence-corrected chi connectivity index (χ1v) is 11.4. The van der Waals surface area contributed by atoms with Gasteiger partial charge in [-0.1, -0.05) is 53.2 Å². The maximum Gasteiger partial charge on any atom is 0.259 e. The van der Waals surface area contributed by atoms with Crippen molar-refractivity contribution in [2.24, 2.45) is 0 Å². The van der Waals surface area contributed by atoms with E-state index in [0.29, 0.717) is 24.4 Å². The summed E-state index contributed by atoms with van der Waals surface area (Å²) in [5.41, 5.74) is 2.31. The van der Waals surface area contributed by atoms with Gasteiger partial charge in [-0.25, -0.2) is 13.1 Å². The molecule has 0 saturated heterocycles. The number of sulfonamides is 1. The molecule has 0 unspecified atom stereocenters. The second-order valence-corrected chi connectivity index (χ2v) is 9.28. The molecule has 4 aromatic rings. The van der Waals surface area contributed by atoms with Gasteiger partial charge in [-0.3, -0.25) is 0 Å². The van der Waals surface area contributed by atoms with Gasteiger partial charge >= 0.3 is 0 Å². The molecule has 0 bridgehead atoms. The standard InChI is InChI=1S/C21H19N3O3S2/c1-15-8-10-16(11-9-15)20-23-21(27-24-20)18-6-2-3-7-19(18)29(25,26)22-13-12-17-5-4-14-28-17/h2-11,14,22H,12-13H2,1H3. The molecule has 0 atom stereocenters. The van der Waals surface area contributed by atoms with Gasteiger partial charge in [0, 0.05) is 17.0 Å². The van der Waals surface area contributed by atoms with Crippen molar-refractivity contribution in [1.29, 1.82) is 0 Å². The summed E-state index contributed by atoms with van der Waals surface area (Å²) in [5, 5.41) is 5.98. The fraction of sp³-hybridized carbons (Fsp3) is 0.143. The van der Waals surface area contributed by atoms with Gasteiger partial charge in [0.2, 0.25) is 15.8 Å². The van der Waals surface area contributed by atoms with E-state index in [1.807, 2.05) is 48.7 Å². The van der Waals surface area contributed by atoms with Crippen molar-refractivity contribution in [2.45, 2.75) is 18.2 Å². The molecule has 0 aliphatic rings. The Labute approximate surface area is 173 Å². The Hall–Kier alpha value is -2.81. The molecule has 0 radical (unpaired) electrons. The van der Waals surface area contributed by atoms with Gasteiger partial charge in [0.1, 0.15) is 0 Å². The second-order valence-electron chi connectivity index (χ2n) is 6.51. The summed E-state index contributed by atoms with van der Waals surface area (Å²) in [6, 6.07) is 18.3. The first-order valence-electron chi connectivity index (χ1n) is 9.05. The molecule has 6 nitrogen and oxygen atoms in total. The third-order valence-corrected chi connectivity index (χ3v) is 6.84. The van der Waals surface area contributed by atoms with Crippen LogP contribution in [0.3, 0.4) is 0 Å². The number of hydrogen-bond donors (Lipinski definition) is 1. The minimum absolute atomic E-state index is 0.116. The van der Waals surface area contributed by atoms with Gasteiger partial charge in [0.25, 0.3) is 5.89 Å². The van der Waals surface area contributed by atoms with E-state index in [1.54, 1.807) is 35.6 Å². The summed E-state index contributed by atoms with van der Waals surface area (Å²) in [7, 11) is -3.73. The highest BCUT2D eigenvalue weighted by atomic mass is 32.2. The van der Waals surface area contributed by atoms with Crippen molar-refractivity contribution >= 4 is 21.4 Å². The van der Waals surface area contributed by atoms with Gasteiger partial charge in [0.05, 0.1) is 10.5 Å². The zero-order valence-corrected chi connectivity index (χ0v) is 17.3. The molecule has 4 rings (SSSR count). The van der Waals surface area contributed by atoms with Crippen LogP contribution in [0.4, 0.5) is 0 Å². The molecule has 29 heavy (non-hydrogen) atoms. The molecule has 1 N–H and O–H groups in total. The number of rotatable bonds is 7. The van der Waals surface area contributed by atoms with E-state index in [4.69, 9.17) is 4.52 Å². The lowest BCUT2D eigenvalue weighted by molar-refractivity contribution is 0.431. The number of aromatic nitrogens is 2. The molecule has 2 aromatic carbocycles. The van der Waals surface area contributed by atoms with Gasteiger partial charge in [-0.05, 0) is 36.9 Å². The SMILES string of the molecule is Cc1ccc(-c2noc(-c3ccccc3S(=O)(=O)NCCc3cccs3)n2)cc1. The van der Waals surface area contributed by atoms with Crippen molar-refractivity contribution in [3.63, 3.8) is 0 Å². The van der Waals surface area contributed by atoms with E-state index < -0.39 is 10.0 Å². The van der Waals surface area contributed by atoms with E-state index in [1.165, 1.54) is 0 Å². The van der Waals surface area contributed by atoms with E-state index in [9.17, 15) is 8.42 Å². The average molecular weight is 426 g/mol. The maximum absolute atomic E-state index is 12.9. The predicted octanol–water partition coefficient (Wildman–Crippen LogP) is 4.29. The quantitative estimate of drug-likeness (QED) is 0.477. The fourth-order valence-electron chi connectivity index (χ4n) is 2.87. The highest BCUT2D eigenvalue weighted by Gasteiger charge is 2.22. The van der Waals surface area contributed by atoms with Crippen LogP contribution in [0.25, 0.3) is 22.8 Å². The number of thiophene rings is 1. The summed E-state index contributed by atoms with van der Waals surface area (Å²) < 4.78 is 33.8. The van der Waals surface area contributed by atoms with Gasteiger partial charge in [-0.15, -0.1) is 11.3 Å². The van der Waals surface area contributed by atoms with Crippen molar-refractivity contribution in [3.8, 4) is 22.8 Å². The molecule has 148 valence electrons. The van der Waals surface area contributed by atoms with Crippen LogP contribution in [-0.2, 0) is 16.4 Å². The Bertz CT molecular complexity index is 1200. The summed E-state index contributed by atoms with van der Waals surface area (Å²) in [6.45, 7) is 2.31. The molecular formula is C21H19N3O3S2. The largest absolute Gasteiger partial charge is 0.334 e. The molecule has 8 heteroatoms. The van der Waals surface area contributed by atoms with Crippen molar-refractivity contribution in [3.05, 3.63) is 76.5 Å². The Morgan fingerprint density at radius 2 is 1.83 bits per heavy atom. The van der Waals surface area contributed by atoms with Crippen molar-refractivity contribution in [2.75, 3.05) is 6.54 Å². The van der Waals surface area contributed by atoms with Crippen molar-refractivity contribution < 1.29 is 12.9 Å². The minimum atomic E-state index is -3.73. The molecule has 0 fully saturated rings. The Morgan fingerprint density at radius 1 is 1.03 bits per heavy atom. The monoisotopic (exact) mass is 425 g/mol. The normalized spacial score (nSPS) is 11.6. The van der Waals surface area contributed by atoms with Crippen LogP contribution in [0.2, 0.25) is 0 Å². The van der Waals surface area contributed by atoms with E-state index in [2.05, 4.69) is 14.9 Å². The second kappa shape index (κ2) is 8.28. The number of benzene rings is 2. The lowest BCUT2D eigenvalue weighted by Crippen LogP contribution is -2.26. The van der Waals surface area contributed by atoms with Gasteiger partial charge < -0.3 is 4.52 Å². The number of nitrogens with one attached hydrogen (secondary N) is 1. The Kier molecular flexibility index (Phi) is 5.57. The van der Waals surface area contributed by atoms with E-state index >= 15 is 0 Å². The molecule has 0 aliphatic heterocycles. The third-order valence-electron chi connectivity index (χ3n) is 4.39. The van der Waals surface area contributed by atoms with Gasteiger partial charge in [-0.2, -0.15) is 4.98 Å². The van der Waals surface area contributed by atoms with Crippen molar-refractivity contribution in [1.82, 2.24) is 14.9 Å². The zero-order chi connectivity index (χ0) is 20.3. The summed E-state index contributed by atoms with van der Waals surface area (Å²) in [5.74, 6) is 0.581. The molecular weight excluding hydrogens is 406 g/mol. The first-order chi connectivity index (χ1) is 14.0. The maximum atomic E-state index is 12.9. The lowest BCUT2D eigenvalue weighted by atomic mass is 10.1. The minimum Gasteiger partial charge on any atom is -0.334 e.